The minimum atomic E-state index is -0.672. The highest BCUT2D eigenvalue weighted by molar-refractivity contribution is 7.99. The van der Waals surface area contributed by atoms with Gasteiger partial charge in [0.2, 0.25) is 11.8 Å². The molecule has 0 aromatic heterocycles. The van der Waals surface area contributed by atoms with Gasteiger partial charge < -0.3 is 10.2 Å². The normalized spacial score (nSPS) is 11.6. The Bertz CT molecular complexity index is 1060. The van der Waals surface area contributed by atoms with E-state index in [0.29, 0.717) is 12.2 Å². The first-order valence-electron chi connectivity index (χ1n) is 10.9. The van der Waals surface area contributed by atoms with E-state index in [1.165, 1.54) is 29.5 Å². The first kappa shape index (κ1) is 24.5. The quantitative estimate of drug-likeness (QED) is 0.471. The van der Waals surface area contributed by atoms with Crippen molar-refractivity contribution in [3.63, 3.8) is 0 Å². The molecule has 33 heavy (non-hydrogen) atoms. The lowest BCUT2D eigenvalue weighted by Gasteiger charge is -2.31. The summed E-state index contributed by atoms with van der Waals surface area (Å²) >= 11 is 1.52. The third kappa shape index (κ3) is 7.46. The molecule has 0 bridgehead atoms. The van der Waals surface area contributed by atoms with Gasteiger partial charge in [0.1, 0.15) is 11.9 Å². The summed E-state index contributed by atoms with van der Waals surface area (Å²) in [6.07, 6.45) is 0.399. The van der Waals surface area contributed by atoms with Crippen LogP contribution in [0.4, 0.5) is 4.39 Å². The molecule has 4 nitrogen and oxygen atoms in total. The summed E-state index contributed by atoms with van der Waals surface area (Å²) in [5.74, 6) is 0.274. The van der Waals surface area contributed by atoms with Crippen LogP contribution in [-0.4, -0.2) is 35.6 Å². The van der Waals surface area contributed by atoms with Gasteiger partial charge in [0, 0.05) is 25.8 Å². The molecule has 1 unspecified atom stereocenters. The number of hydrogen-bond acceptors (Lipinski definition) is 3. The molecule has 1 atom stereocenters. The second kappa shape index (κ2) is 12.2. The van der Waals surface area contributed by atoms with Crippen LogP contribution in [0.5, 0.6) is 0 Å². The number of benzene rings is 3. The predicted octanol–water partition coefficient (Wildman–Crippen LogP) is 4.75. The second-order valence-electron chi connectivity index (χ2n) is 7.95. The van der Waals surface area contributed by atoms with Crippen LogP contribution < -0.4 is 5.32 Å². The molecule has 0 aliphatic heterocycles. The van der Waals surface area contributed by atoms with E-state index in [2.05, 4.69) is 11.4 Å². The minimum absolute atomic E-state index is 0.124. The zero-order chi connectivity index (χ0) is 23.6. The summed E-state index contributed by atoms with van der Waals surface area (Å²) in [7, 11) is 1.58. The Balaban J connectivity index is 1.80. The molecule has 0 saturated heterocycles. The smallest absolute Gasteiger partial charge is 0.242 e. The average Bonchev–Trinajstić information content (AvgIpc) is 2.82. The van der Waals surface area contributed by atoms with Gasteiger partial charge in [-0.1, -0.05) is 72.3 Å². The van der Waals surface area contributed by atoms with Gasteiger partial charge in [-0.05, 0) is 35.7 Å². The van der Waals surface area contributed by atoms with Crippen LogP contribution in [0, 0.1) is 12.7 Å². The fraction of sp³-hybridized carbons (Fsp3) is 0.259. The zero-order valence-electron chi connectivity index (χ0n) is 19.0. The highest BCUT2D eigenvalue weighted by atomic mass is 32.2. The highest BCUT2D eigenvalue weighted by Crippen LogP contribution is 2.19. The predicted molar refractivity (Wildman–Crippen MR) is 132 cm³/mol. The van der Waals surface area contributed by atoms with Crippen molar-refractivity contribution in [2.75, 3.05) is 12.8 Å². The van der Waals surface area contributed by atoms with Crippen LogP contribution in [0.1, 0.15) is 22.3 Å². The maximum Gasteiger partial charge on any atom is 0.242 e. The molecular formula is C27H29FN2O2S. The SMILES string of the molecule is CNC(=O)C(Cc1ccccc1)N(Cc1ccc(F)cc1)C(=O)CSCc1cccc(C)c1. The Morgan fingerprint density at radius 2 is 1.64 bits per heavy atom. The summed E-state index contributed by atoms with van der Waals surface area (Å²) in [5, 5.41) is 2.70. The van der Waals surface area contributed by atoms with E-state index in [-0.39, 0.29) is 29.9 Å². The Hall–Kier alpha value is -3.12. The summed E-state index contributed by atoms with van der Waals surface area (Å²) in [4.78, 5) is 27.9. The number of thioether (sulfide) groups is 1. The lowest BCUT2D eigenvalue weighted by atomic mass is 10.0. The number of amides is 2. The van der Waals surface area contributed by atoms with Crippen LogP contribution in [0.25, 0.3) is 0 Å². The molecule has 0 saturated carbocycles. The summed E-state index contributed by atoms with van der Waals surface area (Å²) in [6.45, 7) is 2.27. The van der Waals surface area contributed by atoms with Crippen molar-refractivity contribution in [3.05, 3.63) is 107 Å². The summed E-state index contributed by atoms with van der Waals surface area (Å²) < 4.78 is 13.4. The number of nitrogens with zero attached hydrogens (tertiary/aromatic N) is 1. The number of likely N-dealkylation sites (N-methyl/N-ethyl adjacent to an activating group) is 1. The Labute approximate surface area is 199 Å². The van der Waals surface area contributed by atoms with Gasteiger partial charge >= 0.3 is 0 Å². The third-order valence-corrected chi connectivity index (χ3v) is 6.35. The van der Waals surface area contributed by atoms with E-state index >= 15 is 0 Å². The molecule has 6 heteroatoms. The van der Waals surface area contributed by atoms with E-state index in [4.69, 9.17) is 0 Å². The van der Waals surface area contributed by atoms with Crippen LogP contribution in [0.2, 0.25) is 0 Å². The first-order chi connectivity index (χ1) is 16.0. The first-order valence-corrected chi connectivity index (χ1v) is 12.0. The van der Waals surface area contributed by atoms with Crippen molar-refractivity contribution in [1.82, 2.24) is 10.2 Å². The highest BCUT2D eigenvalue weighted by Gasteiger charge is 2.29. The molecule has 1 N–H and O–H groups in total. The molecular weight excluding hydrogens is 435 g/mol. The van der Waals surface area contributed by atoms with Gasteiger partial charge in [-0.3, -0.25) is 9.59 Å². The van der Waals surface area contributed by atoms with Crippen molar-refractivity contribution < 1.29 is 14.0 Å². The molecule has 0 heterocycles. The lowest BCUT2D eigenvalue weighted by molar-refractivity contribution is -0.139. The standard InChI is InChI=1S/C27H29FN2O2S/c1-20-7-6-10-23(15-20)18-33-19-26(31)30(17-22-11-13-24(28)14-12-22)25(27(32)29-2)16-21-8-4-3-5-9-21/h3-15,25H,16-19H2,1-2H3,(H,29,32). The summed E-state index contributed by atoms with van der Waals surface area (Å²) in [5.41, 5.74) is 4.08. The molecule has 0 radical (unpaired) electrons. The van der Waals surface area contributed by atoms with Crippen molar-refractivity contribution in [2.24, 2.45) is 0 Å². The Kier molecular flexibility index (Phi) is 9.07. The molecule has 2 amide bonds. The molecule has 0 aliphatic rings. The molecule has 0 aliphatic carbocycles. The van der Waals surface area contributed by atoms with Gasteiger partial charge in [-0.2, -0.15) is 0 Å². The van der Waals surface area contributed by atoms with E-state index < -0.39 is 6.04 Å². The molecule has 3 rings (SSSR count). The number of hydrogen-bond donors (Lipinski definition) is 1. The number of carbonyl (C=O) groups is 2. The number of rotatable bonds is 10. The van der Waals surface area contributed by atoms with Gasteiger partial charge in [-0.15, -0.1) is 11.8 Å². The summed E-state index contributed by atoms with van der Waals surface area (Å²) in [6, 6.07) is 23.2. The molecule has 172 valence electrons. The van der Waals surface area contributed by atoms with E-state index in [0.717, 1.165) is 16.7 Å². The van der Waals surface area contributed by atoms with Crippen LogP contribution >= 0.6 is 11.8 Å². The van der Waals surface area contributed by atoms with Crippen molar-refractivity contribution >= 4 is 23.6 Å². The van der Waals surface area contributed by atoms with Crippen LogP contribution in [0.3, 0.4) is 0 Å². The van der Waals surface area contributed by atoms with Gasteiger partial charge in [0.05, 0.1) is 5.75 Å². The zero-order valence-corrected chi connectivity index (χ0v) is 19.8. The lowest BCUT2D eigenvalue weighted by Crippen LogP contribution is -2.50. The molecule has 0 fully saturated rings. The average molecular weight is 465 g/mol. The molecule has 3 aromatic carbocycles. The topological polar surface area (TPSA) is 49.4 Å². The van der Waals surface area contributed by atoms with E-state index in [9.17, 15) is 14.0 Å². The monoisotopic (exact) mass is 464 g/mol. The van der Waals surface area contributed by atoms with Crippen molar-refractivity contribution in [2.45, 2.75) is 31.7 Å². The molecule has 0 spiro atoms. The van der Waals surface area contributed by atoms with E-state index in [1.54, 1.807) is 24.1 Å². The number of nitrogens with one attached hydrogen (secondary N) is 1. The maximum atomic E-state index is 13.4. The van der Waals surface area contributed by atoms with Crippen LogP contribution in [0.15, 0.2) is 78.9 Å². The van der Waals surface area contributed by atoms with Gasteiger partial charge in [0.25, 0.3) is 0 Å². The molecule has 3 aromatic rings. The maximum absolute atomic E-state index is 13.4. The van der Waals surface area contributed by atoms with Gasteiger partial charge in [-0.25, -0.2) is 4.39 Å². The fourth-order valence-corrected chi connectivity index (χ4v) is 4.51. The minimum Gasteiger partial charge on any atom is -0.357 e. The fourth-order valence-electron chi connectivity index (χ4n) is 3.65. The van der Waals surface area contributed by atoms with Crippen LogP contribution in [-0.2, 0) is 28.3 Å². The Morgan fingerprint density at radius 1 is 0.939 bits per heavy atom. The van der Waals surface area contributed by atoms with E-state index in [1.807, 2.05) is 55.5 Å². The number of aryl methyl sites for hydroxylation is 1. The number of carbonyl (C=O) groups excluding carboxylic acids is 2. The van der Waals surface area contributed by atoms with Crippen molar-refractivity contribution in [1.29, 1.82) is 0 Å². The van der Waals surface area contributed by atoms with Crippen molar-refractivity contribution in [3.8, 4) is 0 Å². The van der Waals surface area contributed by atoms with Gasteiger partial charge in [0.15, 0.2) is 0 Å². The second-order valence-corrected chi connectivity index (χ2v) is 8.94. The largest absolute Gasteiger partial charge is 0.357 e. The Morgan fingerprint density at radius 3 is 2.30 bits per heavy atom. The number of halogens is 1. The third-order valence-electron chi connectivity index (χ3n) is 5.36.